The van der Waals surface area contributed by atoms with E-state index in [0.717, 1.165) is 31.4 Å². The van der Waals surface area contributed by atoms with Crippen molar-refractivity contribution in [3.63, 3.8) is 0 Å². The molecule has 21 heavy (non-hydrogen) atoms. The van der Waals surface area contributed by atoms with Gasteiger partial charge in [-0.15, -0.1) is 11.8 Å². The number of nitrogens with zero attached hydrogens (tertiary/aromatic N) is 2. The van der Waals surface area contributed by atoms with E-state index in [9.17, 15) is 0 Å². The molecule has 0 unspecified atom stereocenters. The molecule has 0 aliphatic carbocycles. The Kier molecular flexibility index (Phi) is 6.13. The van der Waals surface area contributed by atoms with Gasteiger partial charge in [-0.25, -0.2) is 9.97 Å². The van der Waals surface area contributed by atoms with E-state index in [4.69, 9.17) is 17.3 Å². The van der Waals surface area contributed by atoms with Gasteiger partial charge in [0.15, 0.2) is 0 Å². The summed E-state index contributed by atoms with van der Waals surface area (Å²) in [6.45, 7) is 4.35. The molecule has 2 rings (SSSR count). The van der Waals surface area contributed by atoms with Gasteiger partial charge in [-0.1, -0.05) is 25.4 Å². The van der Waals surface area contributed by atoms with Crippen molar-refractivity contribution < 1.29 is 0 Å². The van der Waals surface area contributed by atoms with E-state index in [1.54, 1.807) is 11.8 Å². The summed E-state index contributed by atoms with van der Waals surface area (Å²) >= 11 is 9.79. The minimum atomic E-state index is 0.546. The monoisotopic (exact) mass is 433 g/mol. The number of anilines is 1. The molecule has 112 valence electrons. The van der Waals surface area contributed by atoms with Crippen LogP contribution in [0.1, 0.15) is 25.4 Å². The molecule has 0 saturated heterocycles. The Morgan fingerprint density at radius 3 is 2.52 bits per heavy atom. The third-order valence-corrected chi connectivity index (χ3v) is 5.21. The number of nitrogen functional groups attached to an aromatic ring is 1. The molecule has 0 fully saturated rings. The van der Waals surface area contributed by atoms with Crippen molar-refractivity contribution in [2.45, 2.75) is 30.9 Å². The van der Waals surface area contributed by atoms with Crippen molar-refractivity contribution in [2.75, 3.05) is 5.73 Å². The molecule has 0 radical (unpaired) electrons. The second kappa shape index (κ2) is 7.65. The standard InChI is InChI=1S/C15H17ClIN3S/c1-9(2)7-12-14(17)15(18)20-13(19-12)8-21-11-5-3-10(16)4-6-11/h3-6,9H,7-8H2,1-2H3,(H2,18,19,20). The van der Waals surface area contributed by atoms with Crippen LogP contribution < -0.4 is 5.73 Å². The number of nitrogens with two attached hydrogens (primary N) is 1. The van der Waals surface area contributed by atoms with Gasteiger partial charge in [0.05, 0.1) is 15.0 Å². The normalized spacial score (nSPS) is 11.1. The zero-order valence-corrected chi connectivity index (χ0v) is 15.7. The van der Waals surface area contributed by atoms with Gasteiger partial charge < -0.3 is 5.73 Å². The van der Waals surface area contributed by atoms with Crippen LogP contribution in [0.4, 0.5) is 5.82 Å². The van der Waals surface area contributed by atoms with Gasteiger partial charge in [0.2, 0.25) is 0 Å². The Balaban J connectivity index is 2.12. The number of hydrogen-bond acceptors (Lipinski definition) is 4. The van der Waals surface area contributed by atoms with Gasteiger partial charge in [0.1, 0.15) is 11.6 Å². The van der Waals surface area contributed by atoms with Crippen LogP contribution >= 0.6 is 46.0 Å². The van der Waals surface area contributed by atoms with Gasteiger partial charge in [-0.3, -0.25) is 0 Å². The maximum absolute atomic E-state index is 6.00. The SMILES string of the molecule is CC(C)Cc1nc(CSc2ccc(Cl)cc2)nc(N)c1I. The first-order valence-electron chi connectivity index (χ1n) is 6.65. The number of thioether (sulfide) groups is 1. The van der Waals surface area contributed by atoms with Crippen LogP contribution in [0.2, 0.25) is 5.02 Å². The summed E-state index contributed by atoms with van der Waals surface area (Å²) in [5, 5.41) is 0.744. The lowest BCUT2D eigenvalue weighted by molar-refractivity contribution is 0.629. The highest BCUT2D eigenvalue weighted by molar-refractivity contribution is 14.1. The summed E-state index contributed by atoms with van der Waals surface area (Å²) < 4.78 is 0.974. The summed E-state index contributed by atoms with van der Waals surface area (Å²) in [4.78, 5) is 10.2. The average Bonchev–Trinajstić information content (AvgIpc) is 2.43. The molecule has 0 saturated carbocycles. The lowest BCUT2D eigenvalue weighted by Gasteiger charge is -2.10. The topological polar surface area (TPSA) is 51.8 Å². The van der Waals surface area contributed by atoms with E-state index in [-0.39, 0.29) is 0 Å². The summed E-state index contributed by atoms with van der Waals surface area (Å²) in [6, 6.07) is 7.77. The molecule has 0 amide bonds. The fourth-order valence-electron chi connectivity index (χ4n) is 1.83. The van der Waals surface area contributed by atoms with Crippen molar-refractivity contribution in [3.8, 4) is 0 Å². The Hall–Kier alpha value is -0.530. The minimum absolute atomic E-state index is 0.546. The highest BCUT2D eigenvalue weighted by atomic mass is 127. The van der Waals surface area contributed by atoms with Crippen LogP contribution in [0.3, 0.4) is 0 Å². The van der Waals surface area contributed by atoms with Crippen molar-refractivity contribution in [3.05, 3.63) is 44.4 Å². The van der Waals surface area contributed by atoms with E-state index in [1.807, 2.05) is 24.3 Å². The van der Waals surface area contributed by atoms with Crippen molar-refractivity contribution in [1.82, 2.24) is 9.97 Å². The van der Waals surface area contributed by atoms with E-state index < -0.39 is 0 Å². The quantitative estimate of drug-likeness (QED) is 0.543. The Morgan fingerprint density at radius 1 is 1.24 bits per heavy atom. The van der Waals surface area contributed by atoms with Gasteiger partial charge in [-0.2, -0.15) is 0 Å². The first kappa shape index (κ1) is 16.8. The predicted molar refractivity (Wildman–Crippen MR) is 98.7 cm³/mol. The maximum Gasteiger partial charge on any atom is 0.141 e. The molecule has 1 aromatic carbocycles. The largest absolute Gasteiger partial charge is 0.383 e. The van der Waals surface area contributed by atoms with Crippen LogP contribution in [-0.4, -0.2) is 9.97 Å². The lowest BCUT2D eigenvalue weighted by atomic mass is 10.1. The van der Waals surface area contributed by atoms with Gasteiger partial charge >= 0.3 is 0 Å². The van der Waals surface area contributed by atoms with E-state index >= 15 is 0 Å². The number of benzene rings is 1. The third kappa shape index (κ3) is 5.00. The van der Waals surface area contributed by atoms with Crippen LogP contribution in [-0.2, 0) is 12.2 Å². The van der Waals surface area contributed by atoms with Crippen LogP contribution in [0.5, 0.6) is 0 Å². The average molecular weight is 434 g/mol. The van der Waals surface area contributed by atoms with Crippen molar-refractivity contribution >= 4 is 51.8 Å². The van der Waals surface area contributed by atoms with E-state index in [0.29, 0.717) is 17.5 Å². The van der Waals surface area contributed by atoms with E-state index in [1.165, 1.54) is 0 Å². The molecule has 0 aliphatic rings. The smallest absolute Gasteiger partial charge is 0.141 e. The van der Waals surface area contributed by atoms with Crippen LogP contribution in [0.15, 0.2) is 29.2 Å². The molecule has 3 nitrogen and oxygen atoms in total. The first-order valence-corrected chi connectivity index (χ1v) is 9.09. The zero-order valence-electron chi connectivity index (χ0n) is 11.9. The molecule has 0 bridgehead atoms. The highest BCUT2D eigenvalue weighted by Crippen LogP contribution is 2.25. The number of hydrogen-bond donors (Lipinski definition) is 1. The molecule has 0 spiro atoms. The molecule has 0 aliphatic heterocycles. The number of halogens is 2. The molecule has 2 N–H and O–H groups in total. The molecule has 6 heteroatoms. The predicted octanol–water partition coefficient (Wildman–Crippen LogP) is 4.81. The highest BCUT2D eigenvalue weighted by Gasteiger charge is 2.11. The molecular weight excluding hydrogens is 417 g/mol. The molecule has 0 atom stereocenters. The summed E-state index contributed by atoms with van der Waals surface area (Å²) in [5.74, 6) is 2.61. The summed E-state index contributed by atoms with van der Waals surface area (Å²) in [7, 11) is 0. The summed E-state index contributed by atoms with van der Waals surface area (Å²) in [6.07, 6.45) is 0.920. The van der Waals surface area contributed by atoms with Crippen LogP contribution in [0, 0.1) is 9.49 Å². The van der Waals surface area contributed by atoms with Gasteiger partial charge in [-0.05, 0) is 59.2 Å². The first-order chi connectivity index (χ1) is 9.95. The molecular formula is C15H17ClIN3S. The molecule has 1 heterocycles. The summed E-state index contributed by atoms with van der Waals surface area (Å²) in [5.41, 5.74) is 7.05. The third-order valence-electron chi connectivity index (χ3n) is 2.77. The number of aromatic nitrogens is 2. The zero-order chi connectivity index (χ0) is 15.4. The second-order valence-electron chi connectivity index (χ2n) is 5.13. The second-order valence-corrected chi connectivity index (χ2v) is 7.69. The number of rotatable bonds is 5. The maximum atomic E-state index is 6.00. The van der Waals surface area contributed by atoms with Crippen LogP contribution in [0.25, 0.3) is 0 Å². The Labute approximate surface area is 148 Å². The van der Waals surface area contributed by atoms with E-state index in [2.05, 4.69) is 46.4 Å². The van der Waals surface area contributed by atoms with Crippen molar-refractivity contribution in [1.29, 1.82) is 0 Å². The Bertz CT molecular complexity index is 617. The van der Waals surface area contributed by atoms with Gasteiger partial charge in [0, 0.05) is 9.92 Å². The van der Waals surface area contributed by atoms with Crippen molar-refractivity contribution in [2.24, 2.45) is 5.92 Å². The molecule has 1 aromatic heterocycles. The fourth-order valence-corrected chi connectivity index (χ4v) is 3.17. The Morgan fingerprint density at radius 2 is 1.90 bits per heavy atom. The minimum Gasteiger partial charge on any atom is -0.383 e. The molecule has 2 aromatic rings. The van der Waals surface area contributed by atoms with Gasteiger partial charge in [0.25, 0.3) is 0 Å². The lowest BCUT2D eigenvalue weighted by Crippen LogP contribution is -2.09. The fraction of sp³-hybridized carbons (Fsp3) is 0.333.